The molecular weight excluding hydrogens is 264 g/mol. The van der Waals surface area contributed by atoms with Crippen molar-refractivity contribution in [2.45, 2.75) is 38.2 Å². The number of ether oxygens (including phenoxy) is 1. The Bertz CT molecular complexity index is 511. The van der Waals surface area contributed by atoms with Crippen LogP contribution in [0.25, 0.3) is 0 Å². The number of rotatable bonds is 5. The van der Waals surface area contributed by atoms with E-state index in [4.69, 9.17) is 4.74 Å². The molecule has 2 fully saturated rings. The van der Waals surface area contributed by atoms with E-state index in [0.717, 1.165) is 44.4 Å². The van der Waals surface area contributed by atoms with Crippen LogP contribution in [0.1, 0.15) is 32.1 Å². The zero-order valence-electron chi connectivity index (χ0n) is 12.3. The first kappa shape index (κ1) is 14.1. The van der Waals surface area contributed by atoms with Gasteiger partial charge in [0.1, 0.15) is 11.9 Å². The van der Waals surface area contributed by atoms with Crippen molar-refractivity contribution >= 4 is 5.91 Å². The van der Waals surface area contributed by atoms with Gasteiger partial charge in [-0.05, 0) is 31.4 Å². The minimum atomic E-state index is -0.162. The van der Waals surface area contributed by atoms with E-state index < -0.39 is 0 Å². The number of hydrogen-bond donors (Lipinski definition) is 0. The second-order valence-corrected chi connectivity index (χ2v) is 6.10. The maximum atomic E-state index is 12.7. The topological polar surface area (TPSA) is 42.4 Å². The Balaban J connectivity index is 1.59. The Morgan fingerprint density at radius 2 is 2.43 bits per heavy atom. The second-order valence-electron chi connectivity index (χ2n) is 6.10. The average Bonchev–Trinajstić information content (AvgIpc) is 2.92. The van der Waals surface area contributed by atoms with E-state index in [2.05, 4.69) is 11.6 Å². The van der Waals surface area contributed by atoms with Gasteiger partial charge in [-0.2, -0.15) is 0 Å². The van der Waals surface area contributed by atoms with Crippen molar-refractivity contribution in [3.05, 3.63) is 37.2 Å². The molecule has 0 spiro atoms. The molecule has 112 valence electrons. The van der Waals surface area contributed by atoms with Gasteiger partial charge in [0, 0.05) is 19.2 Å². The molecule has 3 rings (SSSR count). The van der Waals surface area contributed by atoms with Crippen molar-refractivity contribution in [2.75, 3.05) is 13.1 Å². The van der Waals surface area contributed by atoms with Gasteiger partial charge in [0.05, 0.1) is 18.2 Å². The summed E-state index contributed by atoms with van der Waals surface area (Å²) in [6.45, 7) is 5.29. The first-order chi connectivity index (χ1) is 10.2. The standard InChI is InChI=1S/C17H22N2O2/c1-2-7-17(8-4-9-17)16(20)19-11-6-15(13-19)21-14-5-3-10-18-12-14/h2-3,5,10,12,15H,1,4,6-9,11,13H2/t15-/m1/s1. The van der Waals surface area contributed by atoms with Gasteiger partial charge in [0.15, 0.2) is 0 Å². The summed E-state index contributed by atoms with van der Waals surface area (Å²) in [7, 11) is 0. The molecule has 0 radical (unpaired) electrons. The number of allylic oxidation sites excluding steroid dienone is 1. The molecule has 4 heteroatoms. The largest absolute Gasteiger partial charge is 0.487 e. The van der Waals surface area contributed by atoms with Crippen molar-refractivity contribution in [3.63, 3.8) is 0 Å². The number of carbonyl (C=O) groups excluding carboxylic acids is 1. The highest BCUT2D eigenvalue weighted by atomic mass is 16.5. The summed E-state index contributed by atoms with van der Waals surface area (Å²) in [5.74, 6) is 1.08. The van der Waals surface area contributed by atoms with Crippen LogP contribution < -0.4 is 4.74 Å². The fraction of sp³-hybridized carbons (Fsp3) is 0.529. The predicted octanol–water partition coefficient (Wildman–Crippen LogP) is 2.81. The summed E-state index contributed by atoms with van der Waals surface area (Å²) in [5, 5.41) is 0. The van der Waals surface area contributed by atoms with Gasteiger partial charge in [-0.25, -0.2) is 0 Å². The summed E-state index contributed by atoms with van der Waals surface area (Å²) in [5.41, 5.74) is -0.162. The van der Waals surface area contributed by atoms with E-state index in [9.17, 15) is 4.79 Å². The molecule has 2 aliphatic rings. The normalized spacial score (nSPS) is 23.4. The fourth-order valence-electron chi connectivity index (χ4n) is 3.34. The lowest BCUT2D eigenvalue weighted by Gasteiger charge is -2.42. The molecule has 0 unspecified atom stereocenters. The Morgan fingerprint density at radius 3 is 3.05 bits per heavy atom. The van der Waals surface area contributed by atoms with Crippen LogP contribution in [0.2, 0.25) is 0 Å². The predicted molar refractivity (Wildman–Crippen MR) is 80.9 cm³/mol. The van der Waals surface area contributed by atoms with Crippen molar-refractivity contribution in [1.29, 1.82) is 0 Å². The second kappa shape index (κ2) is 5.88. The SMILES string of the molecule is C=CCC1(C(=O)N2CC[C@@H](Oc3cccnc3)C2)CCC1. The smallest absolute Gasteiger partial charge is 0.229 e. The first-order valence-electron chi connectivity index (χ1n) is 7.70. The molecule has 1 atom stereocenters. The van der Waals surface area contributed by atoms with Gasteiger partial charge in [-0.15, -0.1) is 6.58 Å². The van der Waals surface area contributed by atoms with Gasteiger partial charge < -0.3 is 9.64 Å². The Kier molecular flexibility index (Phi) is 3.95. The fourth-order valence-corrected chi connectivity index (χ4v) is 3.34. The highest BCUT2D eigenvalue weighted by Crippen LogP contribution is 2.46. The van der Waals surface area contributed by atoms with Gasteiger partial charge in [0.25, 0.3) is 0 Å². The summed E-state index contributed by atoms with van der Waals surface area (Å²) in [4.78, 5) is 18.8. The first-order valence-corrected chi connectivity index (χ1v) is 7.70. The number of carbonyl (C=O) groups is 1. The molecule has 0 aromatic carbocycles. The molecule has 1 aromatic heterocycles. The van der Waals surface area contributed by atoms with Gasteiger partial charge in [-0.1, -0.05) is 12.5 Å². The number of likely N-dealkylation sites (tertiary alicyclic amines) is 1. The zero-order chi connectivity index (χ0) is 14.7. The molecule has 1 aromatic rings. The van der Waals surface area contributed by atoms with E-state index in [1.807, 2.05) is 23.1 Å². The van der Waals surface area contributed by atoms with Crippen LogP contribution in [0.5, 0.6) is 5.75 Å². The third-order valence-electron chi connectivity index (χ3n) is 4.67. The molecule has 1 saturated carbocycles. The molecule has 1 amide bonds. The lowest BCUT2D eigenvalue weighted by atomic mass is 9.65. The van der Waals surface area contributed by atoms with Crippen LogP contribution >= 0.6 is 0 Å². The van der Waals surface area contributed by atoms with Crippen LogP contribution in [-0.4, -0.2) is 35.0 Å². The summed E-state index contributed by atoms with van der Waals surface area (Å²) >= 11 is 0. The maximum absolute atomic E-state index is 12.7. The number of aromatic nitrogens is 1. The Hall–Kier alpha value is -1.84. The van der Waals surface area contributed by atoms with Crippen LogP contribution in [-0.2, 0) is 4.79 Å². The van der Waals surface area contributed by atoms with E-state index in [1.54, 1.807) is 12.4 Å². The number of amides is 1. The minimum absolute atomic E-state index is 0.0824. The van der Waals surface area contributed by atoms with Crippen LogP contribution in [0.4, 0.5) is 0 Å². The number of nitrogens with zero attached hydrogens (tertiary/aromatic N) is 2. The molecule has 1 aliphatic carbocycles. The molecule has 0 N–H and O–H groups in total. The summed E-state index contributed by atoms with van der Waals surface area (Å²) in [6, 6.07) is 3.77. The minimum Gasteiger partial charge on any atom is -0.487 e. The lowest BCUT2D eigenvalue weighted by Crippen LogP contribution is -2.47. The molecule has 4 nitrogen and oxygen atoms in total. The van der Waals surface area contributed by atoms with Gasteiger partial charge >= 0.3 is 0 Å². The average molecular weight is 286 g/mol. The molecular formula is C17H22N2O2. The van der Waals surface area contributed by atoms with Crippen molar-refractivity contribution in [1.82, 2.24) is 9.88 Å². The van der Waals surface area contributed by atoms with Crippen molar-refractivity contribution in [3.8, 4) is 5.75 Å². The molecule has 1 saturated heterocycles. The van der Waals surface area contributed by atoms with Crippen LogP contribution in [0.3, 0.4) is 0 Å². The summed E-state index contributed by atoms with van der Waals surface area (Å²) in [6.07, 6.45) is 10.3. The lowest BCUT2D eigenvalue weighted by molar-refractivity contribution is -0.146. The van der Waals surface area contributed by atoms with Crippen LogP contribution in [0, 0.1) is 5.41 Å². The van der Waals surface area contributed by atoms with Crippen molar-refractivity contribution < 1.29 is 9.53 Å². The molecule has 2 heterocycles. The number of hydrogen-bond acceptors (Lipinski definition) is 3. The highest BCUT2D eigenvalue weighted by molar-refractivity contribution is 5.84. The monoisotopic (exact) mass is 286 g/mol. The zero-order valence-corrected chi connectivity index (χ0v) is 12.3. The highest BCUT2D eigenvalue weighted by Gasteiger charge is 2.46. The Labute approximate surface area is 125 Å². The van der Waals surface area contributed by atoms with E-state index in [1.165, 1.54) is 0 Å². The number of pyridine rings is 1. The maximum Gasteiger partial charge on any atom is 0.229 e. The molecule has 1 aliphatic heterocycles. The van der Waals surface area contributed by atoms with Crippen molar-refractivity contribution in [2.24, 2.45) is 5.41 Å². The Morgan fingerprint density at radius 1 is 1.57 bits per heavy atom. The van der Waals surface area contributed by atoms with Gasteiger partial charge in [-0.3, -0.25) is 9.78 Å². The van der Waals surface area contributed by atoms with Crippen LogP contribution in [0.15, 0.2) is 37.2 Å². The van der Waals surface area contributed by atoms with E-state index in [0.29, 0.717) is 12.5 Å². The summed E-state index contributed by atoms with van der Waals surface area (Å²) < 4.78 is 5.90. The van der Waals surface area contributed by atoms with Gasteiger partial charge in [0.2, 0.25) is 5.91 Å². The van der Waals surface area contributed by atoms with E-state index >= 15 is 0 Å². The molecule has 0 bridgehead atoms. The third-order valence-corrected chi connectivity index (χ3v) is 4.67. The molecule has 21 heavy (non-hydrogen) atoms. The quantitative estimate of drug-likeness (QED) is 0.782. The van der Waals surface area contributed by atoms with E-state index in [-0.39, 0.29) is 11.5 Å². The third kappa shape index (κ3) is 2.80.